The lowest BCUT2D eigenvalue weighted by Gasteiger charge is -2.19. The van der Waals surface area contributed by atoms with Gasteiger partial charge in [0.05, 0.1) is 9.48 Å². The van der Waals surface area contributed by atoms with Crippen molar-refractivity contribution in [3.05, 3.63) is 60.7 Å². The number of nitrogens with one attached hydrogen (secondary N) is 2. The molecule has 0 bridgehead atoms. The Labute approximate surface area is 208 Å². The number of pyridine rings is 1. The number of hydrogen-bond acceptors (Lipinski definition) is 7. The molecule has 182 valence electrons. The zero-order valence-corrected chi connectivity index (χ0v) is 21.3. The number of fused-ring (bicyclic) bond motifs is 1. The zero-order chi connectivity index (χ0) is 24.0. The summed E-state index contributed by atoms with van der Waals surface area (Å²) in [5.74, 6) is 2.03. The quantitative estimate of drug-likeness (QED) is 0.363. The fourth-order valence-electron chi connectivity index (χ4n) is 3.72. The van der Waals surface area contributed by atoms with E-state index >= 15 is 0 Å². The Bertz CT molecular complexity index is 1220. The molecule has 2 heterocycles. The molecule has 0 aliphatic carbocycles. The predicted molar refractivity (Wildman–Crippen MR) is 140 cm³/mol. The van der Waals surface area contributed by atoms with Crippen LogP contribution in [0.2, 0.25) is 0 Å². The smallest absolute Gasteiger partial charge is 0.241 e. The van der Waals surface area contributed by atoms with Gasteiger partial charge >= 0.3 is 0 Å². The standard InChI is InChI=1S/C24H28FN3O3S3/c1-2-17(31-22-6-4-3-5-20(22)25)15-28-34(29,30)23-8-7-21(19-16-26-11-9-18(19)23)27-12-10-24-32-13-14-33-24/h3-9,11,16-17,24,27-28H,2,10,12-15H2,1H3. The van der Waals surface area contributed by atoms with Crippen molar-refractivity contribution in [3.8, 4) is 5.75 Å². The van der Waals surface area contributed by atoms with E-state index in [1.165, 1.54) is 23.6 Å². The Morgan fingerprint density at radius 3 is 2.71 bits per heavy atom. The van der Waals surface area contributed by atoms with E-state index in [-0.39, 0.29) is 17.2 Å². The Balaban J connectivity index is 1.47. The van der Waals surface area contributed by atoms with Crippen LogP contribution in [0.4, 0.5) is 10.1 Å². The minimum atomic E-state index is -3.83. The molecule has 0 spiro atoms. The number of ether oxygens (including phenoxy) is 1. The van der Waals surface area contributed by atoms with E-state index < -0.39 is 21.9 Å². The highest BCUT2D eigenvalue weighted by Gasteiger charge is 2.22. The van der Waals surface area contributed by atoms with E-state index in [4.69, 9.17) is 4.74 Å². The van der Waals surface area contributed by atoms with Crippen LogP contribution in [-0.4, -0.2) is 48.7 Å². The summed E-state index contributed by atoms with van der Waals surface area (Å²) in [6, 6.07) is 11.2. The van der Waals surface area contributed by atoms with Crippen LogP contribution in [0.15, 0.2) is 59.8 Å². The first-order chi connectivity index (χ1) is 16.5. The molecule has 34 heavy (non-hydrogen) atoms. The minimum absolute atomic E-state index is 0.0243. The van der Waals surface area contributed by atoms with Crippen molar-refractivity contribution in [1.29, 1.82) is 0 Å². The van der Waals surface area contributed by atoms with E-state index in [9.17, 15) is 12.8 Å². The molecule has 1 aliphatic rings. The number of rotatable bonds is 11. The van der Waals surface area contributed by atoms with Crippen molar-refractivity contribution < 1.29 is 17.5 Å². The number of benzene rings is 2. The molecule has 4 rings (SSSR count). The monoisotopic (exact) mass is 521 g/mol. The molecule has 1 saturated heterocycles. The van der Waals surface area contributed by atoms with E-state index in [2.05, 4.69) is 15.0 Å². The van der Waals surface area contributed by atoms with Gasteiger partial charge in [-0.25, -0.2) is 17.5 Å². The van der Waals surface area contributed by atoms with Crippen molar-refractivity contribution in [2.75, 3.05) is 29.9 Å². The number of para-hydroxylation sites is 1. The van der Waals surface area contributed by atoms with Gasteiger partial charge in [-0.05, 0) is 43.2 Å². The molecule has 0 amide bonds. The summed E-state index contributed by atoms with van der Waals surface area (Å²) in [6.45, 7) is 2.70. The molecule has 1 atom stereocenters. The summed E-state index contributed by atoms with van der Waals surface area (Å²) >= 11 is 3.98. The van der Waals surface area contributed by atoms with Gasteiger partial charge in [0.1, 0.15) is 6.10 Å². The van der Waals surface area contributed by atoms with Crippen LogP contribution >= 0.6 is 23.5 Å². The summed E-state index contributed by atoms with van der Waals surface area (Å²) < 4.78 is 49.3. The molecule has 1 aliphatic heterocycles. The third-order valence-corrected chi connectivity index (χ3v) is 10.2. The lowest BCUT2D eigenvalue weighted by Crippen LogP contribution is -2.35. The van der Waals surface area contributed by atoms with Crippen molar-refractivity contribution in [2.45, 2.75) is 35.3 Å². The first kappa shape index (κ1) is 25.1. The third-order valence-electron chi connectivity index (χ3n) is 5.54. The molecule has 1 fully saturated rings. The van der Waals surface area contributed by atoms with Gasteiger partial charge in [-0.3, -0.25) is 4.98 Å². The number of sulfonamides is 1. The van der Waals surface area contributed by atoms with E-state index in [1.807, 2.05) is 30.4 Å². The van der Waals surface area contributed by atoms with E-state index in [0.717, 1.165) is 24.0 Å². The largest absolute Gasteiger partial charge is 0.486 e. The summed E-state index contributed by atoms with van der Waals surface area (Å²) in [5.41, 5.74) is 0.865. The maximum Gasteiger partial charge on any atom is 0.241 e. The molecular formula is C24H28FN3O3S3. The van der Waals surface area contributed by atoms with Crippen molar-refractivity contribution >= 4 is 50.0 Å². The average Bonchev–Trinajstić information content (AvgIpc) is 3.36. The minimum Gasteiger partial charge on any atom is -0.486 e. The van der Waals surface area contributed by atoms with Crippen LogP contribution in [0.1, 0.15) is 19.8 Å². The van der Waals surface area contributed by atoms with Crippen LogP contribution in [0.3, 0.4) is 0 Å². The first-order valence-electron chi connectivity index (χ1n) is 11.2. The SMILES string of the molecule is CCC(CNS(=O)(=O)c1ccc(NCCC2SCCS2)c2cnccc12)Oc1ccccc1F. The second kappa shape index (κ2) is 11.6. The lowest BCUT2D eigenvalue weighted by molar-refractivity contribution is 0.192. The Morgan fingerprint density at radius 1 is 1.15 bits per heavy atom. The van der Waals surface area contributed by atoms with E-state index in [0.29, 0.717) is 16.4 Å². The highest BCUT2D eigenvalue weighted by molar-refractivity contribution is 8.20. The lowest BCUT2D eigenvalue weighted by atomic mass is 10.1. The van der Waals surface area contributed by atoms with Gasteiger partial charge in [-0.2, -0.15) is 0 Å². The number of nitrogens with zero attached hydrogens (tertiary/aromatic N) is 1. The Kier molecular flexibility index (Phi) is 8.57. The van der Waals surface area contributed by atoms with E-state index in [1.54, 1.807) is 42.7 Å². The maximum absolute atomic E-state index is 13.9. The van der Waals surface area contributed by atoms with Crippen LogP contribution in [0, 0.1) is 5.82 Å². The Morgan fingerprint density at radius 2 is 1.94 bits per heavy atom. The number of hydrogen-bond donors (Lipinski definition) is 2. The molecule has 3 aromatic rings. The van der Waals surface area contributed by atoms with Gasteiger partial charge in [0.25, 0.3) is 0 Å². The molecule has 1 aromatic heterocycles. The van der Waals surface area contributed by atoms with Crippen LogP contribution in [-0.2, 0) is 10.0 Å². The molecule has 0 radical (unpaired) electrons. The molecule has 2 N–H and O–H groups in total. The predicted octanol–water partition coefficient (Wildman–Crippen LogP) is 5.12. The van der Waals surface area contributed by atoms with Gasteiger partial charge < -0.3 is 10.1 Å². The van der Waals surface area contributed by atoms with Gasteiger partial charge in [-0.15, -0.1) is 23.5 Å². The second-order valence-electron chi connectivity index (χ2n) is 7.85. The Hall–Kier alpha value is -2.01. The molecule has 6 nitrogen and oxygen atoms in total. The van der Waals surface area contributed by atoms with Crippen molar-refractivity contribution in [2.24, 2.45) is 0 Å². The van der Waals surface area contributed by atoms with Crippen molar-refractivity contribution in [3.63, 3.8) is 0 Å². The van der Waals surface area contributed by atoms with Crippen LogP contribution < -0.4 is 14.8 Å². The normalized spacial score (nSPS) is 15.5. The van der Waals surface area contributed by atoms with Crippen molar-refractivity contribution in [1.82, 2.24) is 9.71 Å². The topological polar surface area (TPSA) is 80.3 Å². The second-order valence-corrected chi connectivity index (χ2v) is 12.5. The molecule has 0 saturated carbocycles. The van der Waals surface area contributed by atoms with Crippen LogP contribution in [0.5, 0.6) is 5.75 Å². The fraction of sp³-hybridized carbons (Fsp3) is 0.375. The summed E-state index contributed by atoms with van der Waals surface area (Å²) in [7, 11) is -3.83. The zero-order valence-electron chi connectivity index (χ0n) is 18.9. The molecule has 1 unspecified atom stereocenters. The molecule has 10 heteroatoms. The van der Waals surface area contributed by atoms with Gasteiger partial charge in [0.15, 0.2) is 11.6 Å². The molecule has 2 aromatic carbocycles. The highest BCUT2D eigenvalue weighted by Crippen LogP contribution is 2.34. The number of aromatic nitrogens is 1. The summed E-state index contributed by atoms with van der Waals surface area (Å²) in [4.78, 5) is 4.38. The van der Waals surface area contributed by atoms with Gasteiger partial charge in [0, 0.05) is 53.4 Å². The third kappa shape index (κ3) is 6.16. The summed E-state index contributed by atoms with van der Waals surface area (Å²) in [5, 5.41) is 4.80. The summed E-state index contributed by atoms with van der Waals surface area (Å²) in [6.07, 6.45) is 4.33. The molecular weight excluding hydrogens is 493 g/mol. The van der Waals surface area contributed by atoms with Gasteiger partial charge in [-0.1, -0.05) is 19.1 Å². The first-order valence-corrected chi connectivity index (χ1v) is 14.8. The highest BCUT2D eigenvalue weighted by atomic mass is 32.2. The fourth-order valence-corrected chi connectivity index (χ4v) is 7.82. The number of thioether (sulfide) groups is 2. The average molecular weight is 522 g/mol. The van der Waals surface area contributed by atoms with Crippen LogP contribution in [0.25, 0.3) is 10.8 Å². The van der Waals surface area contributed by atoms with Gasteiger partial charge in [0.2, 0.25) is 10.0 Å². The number of halogens is 1. The maximum atomic E-state index is 13.9. The number of anilines is 1.